The predicted molar refractivity (Wildman–Crippen MR) is 168 cm³/mol. The van der Waals surface area contributed by atoms with Crippen LogP contribution in [0.15, 0.2) is 47.4 Å². The first kappa shape index (κ1) is 32.2. The SMILES string of the molecule is C=C1C(=O)OC2OC3(C)CC[C@H]4[C@H](C)CC[C@@H]1C24OO3.C[C@@H]1CC[C@@H]2C34OOC(C)(CC[C@@H]13)OC4OC(=O)[C@]2(C)Sc1ccccc1. The normalized spacial score (nSPS) is 50.9. The van der Waals surface area contributed by atoms with Gasteiger partial charge in [-0.2, -0.15) is 0 Å². The molecule has 1 aromatic rings. The molecule has 1 aromatic carbocycles. The van der Waals surface area contributed by atoms with Crippen molar-refractivity contribution in [1.29, 1.82) is 0 Å². The van der Waals surface area contributed by atoms with Gasteiger partial charge in [-0.1, -0.05) is 38.6 Å². The van der Waals surface area contributed by atoms with Gasteiger partial charge in [0.2, 0.25) is 24.2 Å². The summed E-state index contributed by atoms with van der Waals surface area (Å²) < 4.78 is 22.8. The van der Waals surface area contributed by atoms with Gasteiger partial charge in [0.1, 0.15) is 4.75 Å². The number of ether oxygens (including phenoxy) is 4. The summed E-state index contributed by atoms with van der Waals surface area (Å²) in [4.78, 5) is 49.7. The summed E-state index contributed by atoms with van der Waals surface area (Å²) in [6.07, 6.45) is 5.91. The van der Waals surface area contributed by atoms with E-state index in [0.717, 1.165) is 56.3 Å². The van der Waals surface area contributed by atoms with E-state index in [-0.39, 0.29) is 35.6 Å². The summed E-state index contributed by atoms with van der Waals surface area (Å²) >= 11 is 1.57. The zero-order chi connectivity index (χ0) is 33.0. The first-order valence-electron chi connectivity index (χ1n) is 17.3. The van der Waals surface area contributed by atoms with Crippen LogP contribution in [-0.4, -0.2) is 52.0 Å². The second-order valence-electron chi connectivity index (χ2n) is 15.6. The van der Waals surface area contributed by atoms with Crippen molar-refractivity contribution in [1.82, 2.24) is 0 Å². The molecule has 10 aliphatic rings. The molecule has 0 radical (unpaired) electrons. The molecule has 11 heteroatoms. The zero-order valence-electron chi connectivity index (χ0n) is 27.9. The van der Waals surface area contributed by atoms with Gasteiger partial charge in [0, 0.05) is 47.0 Å². The lowest BCUT2D eigenvalue weighted by atomic mass is 9.58. The first-order chi connectivity index (χ1) is 22.3. The number of rotatable bonds is 2. The largest absolute Gasteiger partial charge is 0.431 e. The molecule has 10 fully saturated rings. The van der Waals surface area contributed by atoms with Crippen molar-refractivity contribution in [2.45, 2.75) is 131 Å². The lowest BCUT2D eigenvalue weighted by Crippen LogP contribution is -2.73. The van der Waals surface area contributed by atoms with Crippen molar-refractivity contribution in [3.05, 3.63) is 42.5 Å². The van der Waals surface area contributed by atoms with E-state index in [1.807, 2.05) is 51.1 Å². The fourth-order valence-electron chi connectivity index (χ4n) is 10.1. The second kappa shape index (κ2) is 11.0. The molecule has 11 rings (SSSR count). The van der Waals surface area contributed by atoms with Crippen LogP contribution in [0, 0.1) is 35.5 Å². The summed E-state index contributed by atoms with van der Waals surface area (Å²) in [5.74, 6) is -0.888. The lowest BCUT2D eigenvalue weighted by Gasteiger charge is -2.60. The standard InChI is InChI=1S/C21H26O5S.C15H20O5/c1-13-9-10-16-20(3,27-14-7-5-4-6-8-14)17(22)23-18-21(16)15(13)11-12-19(2,24-18)25-26-21;1-8-4-5-11-9(2)12(16)17-13-15(11)10(8)6-7-14(3,18-13)19-20-15/h4-8,13,15-16,18H,9-12H2,1-3H3;8,10-11,13H,2,4-7H2,1,3H3/t13-,15+,16+,18?,19?,20-,21?;8-,10+,11+,13?,14?,15?/m11/s1. The van der Waals surface area contributed by atoms with Crippen LogP contribution in [0.25, 0.3) is 0 Å². The molecule has 13 atom stereocenters. The van der Waals surface area contributed by atoms with E-state index >= 15 is 0 Å². The van der Waals surface area contributed by atoms with Crippen LogP contribution in [0.5, 0.6) is 0 Å². The molecule has 0 aromatic heterocycles. The topological polar surface area (TPSA) is 108 Å². The Kier molecular flexibility index (Phi) is 7.55. The van der Waals surface area contributed by atoms with Crippen molar-refractivity contribution in [3.63, 3.8) is 0 Å². The fraction of sp³-hybridized carbons (Fsp3) is 0.722. The van der Waals surface area contributed by atoms with Gasteiger partial charge in [-0.05, 0) is 83.3 Å². The molecule has 6 unspecified atom stereocenters. The van der Waals surface area contributed by atoms with E-state index < -0.39 is 40.1 Å². The van der Waals surface area contributed by atoms with Gasteiger partial charge in [-0.25, -0.2) is 24.3 Å². The molecule has 2 saturated carbocycles. The molecule has 0 N–H and O–H groups in total. The van der Waals surface area contributed by atoms with Gasteiger partial charge in [0.05, 0.1) is 0 Å². The molecule has 2 spiro atoms. The monoisotopic (exact) mass is 670 g/mol. The maximum absolute atomic E-state index is 13.2. The zero-order valence-corrected chi connectivity index (χ0v) is 28.7. The molecule has 4 bridgehead atoms. The number of thioether (sulfide) groups is 1. The smallest absolute Gasteiger partial charge is 0.336 e. The molecule has 0 amide bonds. The molecule has 8 heterocycles. The van der Waals surface area contributed by atoms with Crippen LogP contribution >= 0.6 is 11.8 Å². The van der Waals surface area contributed by atoms with Crippen molar-refractivity contribution in [2.75, 3.05) is 0 Å². The van der Waals surface area contributed by atoms with Gasteiger partial charge in [0.15, 0.2) is 11.2 Å². The van der Waals surface area contributed by atoms with E-state index in [2.05, 4.69) is 20.4 Å². The van der Waals surface area contributed by atoms with Gasteiger partial charge in [-0.15, -0.1) is 11.8 Å². The average Bonchev–Trinajstić information content (AvgIpc) is 3.41. The summed E-state index contributed by atoms with van der Waals surface area (Å²) in [5, 5.41) is 0. The predicted octanol–water partition coefficient (Wildman–Crippen LogP) is 6.62. The third-order valence-corrected chi connectivity index (χ3v) is 14.1. The number of esters is 2. The van der Waals surface area contributed by atoms with Crippen molar-refractivity contribution >= 4 is 23.7 Å². The van der Waals surface area contributed by atoms with Crippen LogP contribution in [0.4, 0.5) is 0 Å². The number of benzene rings is 1. The van der Waals surface area contributed by atoms with Crippen LogP contribution in [0.1, 0.15) is 86.0 Å². The Morgan fingerprint density at radius 1 is 0.723 bits per heavy atom. The number of fused-ring (bicyclic) bond motifs is 4. The Labute approximate surface area is 280 Å². The Morgan fingerprint density at radius 3 is 1.96 bits per heavy atom. The van der Waals surface area contributed by atoms with Crippen molar-refractivity contribution in [2.24, 2.45) is 35.5 Å². The van der Waals surface area contributed by atoms with E-state index in [0.29, 0.717) is 17.4 Å². The Hall–Kier alpha value is -1.99. The van der Waals surface area contributed by atoms with Crippen LogP contribution < -0.4 is 0 Å². The van der Waals surface area contributed by atoms with Gasteiger partial charge < -0.3 is 18.9 Å². The maximum Gasteiger partial charge on any atom is 0.336 e. The highest BCUT2D eigenvalue weighted by molar-refractivity contribution is 8.01. The average molecular weight is 671 g/mol. The summed E-state index contributed by atoms with van der Waals surface area (Å²) in [6, 6.07) is 10.0. The molecule has 10 nitrogen and oxygen atoms in total. The van der Waals surface area contributed by atoms with E-state index in [1.54, 1.807) is 11.8 Å². The van der Waals surface area contributed by atoms with Crippen LogP contribution in [0.2, 0.25) is 0 Å². The highest BCUT2D eigenvalue weighted by Gasteiger charge is 2.74. The van der Waals surface area contributed by atoms with Gasteiger partial charge >= 0.3 is 11.9 Å². The molecular formula is C36H46O10S. The quantitative estimate of drug-likeness (QED) is 0.192. The Bertz CT molecular complexity index is 1460. The third kappa shape index (κ3) is 4.67. The number of carbonyl (C=O) groups excluding carboxylic acids is 2. The van der Waals surface area contributed by atoms with E-state index in [9.17, 15) is 9.59 Å². The van der Waals surface area contributed by atoms with Gasteiger partial charge in [0.25, 0.3) is 0 Å². The third-order valence-electron chi connectivity index (χ3n) is 12.7. The highest BCUT2D eigenvalue weighted by Crippen LogP contribution is 2.64. The summed E-state index contributed by atoms with van der Waals surface area (Å²) in [5.41, 5.74) is -0.951. The molecule has 8 aliphatic heterocycles. The Balaban J connectivity index is 0.000000144. The number of hydrogen-bond donors (Lipinski definition) is 0. The van der Waals surface area contributed by atoms with Crippen molar-refractivity contribution in [3.8, 4) is 0 Å². The van der Waals surface area contributed by atoms with E-state index in [1.165, 1.54) is 0 Å². The van der Waals surface area contributed by atoms with E-state index in [4.69, 9.17) is 38.5 Å². The summed E-state index contributed by atoms with van der Waals surface area (Å²) in [6.45, 7) is 14.1. The fourth-order valence-corrected chi connectivity index (χ4v) is 11.4. The first-order valence-corrected chi connectivity index (χ1v) is 18.1. The second-order valence-corrected chi connectivity index (χ2v) is 17.1. The van der Waals surface area contributed by atoms with Crippen LogP contribution in [0.3, 0.4) is 0 Å². The minimum Gasteiger partial charge on any atom is -0.431 e. The molecule has 2 aliphatic carbocycles. The number of carbonyl (C=O) groups is 2. The minimum absolute atomic E-state index is 0.0368. The van der Waals surface area contributed by atoms with Crippen molar-refractivity contribution < 1.29 is 48.1 Å². The molecule has 8 saturated heterocycles. The van der Waals surface area contributed by atoms with Gasteiger partial charge in [-0.3, -0.25) is 4.79 Å². The maximum atomic E-state index is 13.2. The van der Waals surface area contributed by atoms with Crippen LogP contribution in [-0.2, 0) is 48.1 Å². The summed E-state index contributed by atoms with van der Waals surface area (Å²) in [7, 11) is 0. The Morgan fingerprint density at radius 2 is 1.30 bits per heavy atom. The lowest BCUT2D eigenvalue weighted by molar-refractivity contribution is -0.558. The number of hydrogen-bond acceptors (Lipinski definition) is 11. The highest BCUT2D eigenvalue weighted by atomic mass is 32.2. The molecular weight excluding hydrogens is 624 g/mol. The minimum atomic E-state index is -0.849. The molecule has 47 heavy (non-hydrogen) atoms. The molecule has 256 valence electrons.